The highest BCUT2D eigenvalue weighted by molar-refractivity contribution is 7.90. The molecule has 0 saturated heterocycles. The Morgan fingerprint density at radius 2 is 1.78 bits per heavy atom. The molecule has 146 valence electrons. The Bertz CT molecular complexity index is 917. The Morgan fingerprint density at radius 3 is 2.44 bits per heavy atom. The van der Waals surface area contributed by atoms with Crippen molar-refractivity contribution < 1.29 is 21.6 Å². The highest BCUT2D eigenvalue weighted by Crippen LogP contribution is 2.40. The van der Waals surface area contributed by atoms with Crippen molar-refractivity contribution in [2.75, 3.05) is 24.4 Å². The van der Waals surface area contributed by atoms with Gasteiger partial charge in [-0.05, 0) is 62.3 Å². The Balaban J connectivity index is 2.09. The number of fused-ring (bicyclic) bond motifs is 1. The fraction of sp³-hybridized carbons (Fsp3) is 0.333. The van der Waals surface area contributed by atoms with E-state index < -0.39 is 33.3 Å². The maximum absolute atomic E-state index is 14.4. The number of halogens is 3. The van der Waals surface area contributed by atoms with Gasteiger partial charge >= 0.3 is 10.2 Å². The van der Waals surface area contributed by atoms with Crippen molar-refractivity contribution in [1.82, 2.24) is 9.62 Å². The molecule has 2 aromatic rings. The van der Waals surface area contributed by atoms with Gasteiger partial charge in [0.1, 0.15) is 11.5 Å². The molecule has 1 aliphatic heterocycles. The molecule has 0 amide bonds. The minimum Gasteiger partial charge on any atom is -0.320 e. The summed E-state index contributed by atoms with van der Waals surface area (Å²) in [5, 5.41) is 2.97. The van der Waals surface area contributed by atoms with Crippen molar-refractivity contribution in [2.24, 2.45) is 0 Å². The molecule has 1 N–H and O–H groups in total. The summed E-state index contributed by atoms with van der Waals surface area (Å²) in [6.07, 6.45) is 1.28. The quantitative estimate of drug-likeness (QED) is 0.759. The minimum absolute atomic E-state index is 0.0480. The van der Waals surface area contributed by atoms with Gasteiger partial charge in [0.15, 0.2) is 11.6 Å². The summed E-state index contributed by atoms with van der Waals surface area (Å²) < 4.78 is 70.5. The summed E-state index contributed by atoms with van der Waals surface area (Å²) in [7, 11) is -2.44. The van der Waals surface area contributed by atoms with E-state index in [1.54, 1.807) is 7.05 Å². The molecule has 0 saturated carbocycles. The molecule has 0 aliphatic carbocycles. The molecular weight excluding hydrogens is 379 g/mol. The topological polar surface area (TPSA) is 52.6 Å². The van der Waals surface area contributed by atoms with Crippen LogP contribution in [0.25, 0.3) is 0 Å². The van der Waals surface area contributed by atoms with Gasteiger partial charge in [-0.3, -0.25) is 0 Å². The van der Waals surface area contributed by atoms with Gasteiger partial charge in [0, 0.05) is 13.1 Å². The molecular formula is C18H20F3N3O2S. The van der Waals surface area contributed by atoms with Crippen molar-refractivity contribution >= 4 is 21.6 Å². The maximum atomic E-state index is 14.4. The zero-order valence-corrected chi connectivity index (χ0v) is 15.6. The van der Waals surface area contributed by atoms with Crippen LogP contribution in [-0.2, 0) is 16.8 Å². The predicted octanol–water partition coefficient (Wildman–Crippen LogP) is 3.30. The summed E-state index contributed by atoms with van der Waals surface area (Å²) >= 11 is 0. The third-order valence-electron chi connectivity index (χ3n) is 4.39. The van der Waals surface area contributed by atoms with Crippen LogP contribution in [-0.4, -0.2) is 32.9 Å². The molecule has 0 spiro atoms. The SMILES string of the molecule is CNCCCCN1Cc2cc(F)ccc2N(c2c(F)cccc2F)S1(=O)=O. The molecule has 0 fully saturated rings. The third-order valence-corrected chi connectivity index (χ3v) is 6.19. The van der Waals surface area contributed by atoms with Crippen LogP contribution in [0, 0.1) is 17.5 Å². The molecule has 1 aliphatic rings. The second-order valence-electron chi connectivity index (χ2n) is 6.26. The lowest BCUT2D eigenvalue weighted by Crippen LogP contribution is -2.46. The van der Waals surface area contributed by atoms with E-state index in [0.717, 1.165) is 35.0 Å². The lowest BCUT2D eigenvalue weighted by Gasteiger charge is -2.37. The second-order valence-corrected chi connectivity index (χ2v) is 8.04. The molecule has 3 rings (SSSR count). The first kappa shape index (κ1) is 19.7. The van der Waals surface area contributed by atoms with Crippen LogP contribution < -0.4 is 9.62 Å². The normalized spacial score (nSPS) is 16.4. The first-order valence-electron chi connectivity index (χ1n) is 8.53. The molecule has 9 heteroatoms. The number of para-hydroxylation sites is 1. The van der Waals surface area contributed by atoms with Crippen molar-refractivity contribution in [3.05, 3.63) is 59.4 Å². The zero-order chi connectivity index (χ0) is 19.6. The molecule has 27 heavy (non-hydrogen) atoms. The number of anilines is 2. The Morgan fingerprint density at radius 1 is 1.07 bits per heavy atom. The number of benzene rings is 2. The highest BCUT2D eigenvalue weighted by atomic mass is 32.2. The number of rotatable bonds is 6. The first-order chi connectivity index (χ1) is 12.9. The van der Waals surface area contributed by atoms with E-state index in [4.69, 9.17) is 0 Å². The molecule has 1 heterocycles. The molecule has 0 radical (unpaired) electrons. The van der Waals surface area contributed by atoms with Crippen LogP contribution >= 0.6 is 0 Å². The standard InChI is InChI=1S/C18H20F3N3O2S/c1-22-9-2-3-10-23-12-13-11-14(19)7-8-17(13)24(27(23,25)26)18-15(20)5-4-6-16(18)21/h4-8,11,22H,2-3,9-10,12H2,1H3. The Hall–Kier alpha value is -2.10. The van der Waals surface area contributed by atoms with Crippen LogP contribution in [0.3, 0.4) is 0 Å². The van der Waals surface area contributed by atoms with Crippen LogP contribution in [0.1, 0.15) is 18.4 Å². The number of hydrogen-bond acceptors (Lipinski definition) is 3. The van der Waals surface area contributed by atoms with Crippen LogP contribution in [0.2, 0.25) is 0 Å². The average molecular weight is 399 g/mol. The predicted molar refractivity (Wildman–Crippen MR) is 97.4 cm³/mol. The molecule has 0 bridgehead atoms. The van der Waals surface area contributed by atoms with Gasteiger partial charge in [-0.15, -0.1) is 0 Å². The van der Waals surface area contributed by atoms with Crippen molar-refractivity contribution in [2.45, 2.75) is 19.4 Å². The number of nitrogens with zero attached hydrogens (tertiary/aromatic N) is 2. The van der Waals surface area contributed by atoms with Gasteiger partial charge in [0.05, 0.1) is 5.69 Å². The summed E-state index contributed by atoms with van der Waals surface area (Å²) in [5.74, 6) is -2.56. The van der Waals surface area contributed by atoms with Crippen LogP contribution in [0.15, 0.2) is 36.4 Å². The number of nitrogens with one attached hydrogen (secondary N) is 1. The number of hydrogen-bond donors (Lipinski definition) is 1. The van der Waals surface area contributed by atoms with E-state index in [1.807, 2.05) is 0 Å². The van der Waals surface area contributed by atoms with Crippen molar-refractivity contribution in [3.8, 4) is 0 Å². The van der Waals surface area contributed by atoms with E-state index in [1.165, 1.54) is 12.1 Å². The zero-order valence-electron chi connectivity index (χ0n) is 14.8. The van der Waals surface area contributed by atoms with E-state index in [9.17, 15) is 21.6 Å². The van der Waals surface area contributed by atoms with Crippen LogP contribution in [0.5, 0.6) is 0 Å². The summed E-state index contributed by atoms with van der Waals surface area (Å²) in [5.41, 5.74) is -0.293. The summed E-state index contributed by atoms with van der Waals surface area (Å²) in [6.45, 7) is 0.818. The molecule has 5 nitrogen and oxygen atoms in total. The maximum Gasteiger partial charge on any atom is 0.308 e. The van der Waals surface area contributed by atoms with E-state index in [0.29, 0.717) is 22.8 Å². The van der Waals surface area contributed by atoms with Gasteiger partial charge in [0.25, 0.3) is 0 Å². The van der Waals surface area contributed by atoms with Crippen molar-refractivity contribution in [1.29, 1.82) is 0 Å². The largest absolute Gasteiger partial charge is 0.320 e. The average Bonchev–Trinajstić information content (AvgIpc) is 2.61. The highest BCUT2D eigenvalue weighted by Gasteiger charge is 2.40. The van der Waals surface area contributed by atoms with Crippen LogP contribution in [0.4, 0.5) is 24.5 Å². The van der Waals surface area contributed by atoms with Gasteiger partial charge in [-0.2, -0.15) is 12.7 Å². The molecule has 2 aromatic carbocycles. The number of unbranched alkanes of at least 4 members (excludes halogenated alkanes) is 1. The lowest BCUT2D eigenvalue weighted by atomic mass is 10.1. The first-order valence-corrected chi connectivity index (χ1v) is 9.93. The summed E-state index contributed by atoms with van der Waals surface area (Å²) in [4.78, 5) is 0. The molecule has 0 aromatic heterocycles. The molecule has 0 unspecified atom stereocenters. The Kier molecular flexibility index (Phi) is 5.73. The lowest BCUT2D eigenvalue weighted by molar-refractivity contribution is 0.387. The fourth-order valence-electron chi connectivity index (χ4n) is 3.09. The third kappa shape index (κ3) is 3.80. The second kappa shape index (κ2) is 7.87. The van der Waals surface area contributed by atoms with Gasteiger partial charge < -0.3 is 5.32 Å². The fourth-order valence-corrected chi connectivity index (χ4v) is 4.82. The summed E-state index contributed by atoms with van der Waals surface area (Å²) in [6, 6.07) is 6.63. The monoisotopic (exact) mass is 399 g/mol. The van der Waals surface area contributed by atoms with E-state index in [-0.39, 0.29) is 18.8 Å². The van der Waals surface area contributed by atoms with Crippen molar-refractivity contribution in [3.63, 3.8) is 0 Å². The smallest absolute Gasteiger partial charge is 0.308 e. The Labute approximate surface area is 156 Å². The van der Waals surface area contributed by atoms with Gasteiger partial charge in [-0.25, -0.2) is 17.5 Å². The van der Waals surface area contributed by atoms with E-state index >= 15 is 0 Å². The van der Waals surface area contributed by atoms with Gasteiger partial charge in [0.2, 0.25) is 0 Å². The van der Waals surface area contributed by atoms with Gasteiger partial charge in [-0.1, -0.05) is 6.07 Å². The molecule has 0 atom stereocenters. The minimum atomic E-state index is -4.23. The van der Waals surface area contributed by atoms with E-state index in [2.05, 4.69) is 5.32 Å².